The number of carbonyl (C=O) groups is 2. The van der Waals surface area contributed by atoms with E-state index in [1.165, 1.54) is 89.2 Å². The van der Waals surface area contributed by atoms with Crippen LogP contribution in [0.25, 0.3) is 0 Å². The van der Waals surface area contributed by atoms with Gasteiger partial charge in [0.1, 0.15) is 0 Å². The number of allylic oxidation sites excluding steroid dienone is 2. The van der Waals surface area contributed by atoms with E-state index in [0.29, 0.717) is 12.3 Å². The van der Waals surface area contributed by atoms with E-state index in [2.05, 4.69) is 19.2 Å². The van der Waals surface area contributed by atoms with E-state index in [1.54, 1.807) is 0 Å². The lowest BCUT2D eigenvalue weighted by Gasteiger charge is -2.14. The Hall–Kier alpha value is -1.58. The molecular weight excluding hydrogens is 386 g/mol. The maximum Gasteiger partial charge on any atom is 0.222 e. The monoisotopic (exact) mass is 433 g/mol. The van der Waals surface area contributed by atoms with E-state index in [0.717, 1.165) is 38.6 Å². The van der Waals surface area contributed by atoms with Gasteiger partial charge in [-0.1, -0.05) is 110 Å². The van der Waals surface area contributed by atoms with Gasteiger partial charge in [0.15, 0.2) is 5.76 Å². The predicted octanol–water partition coefficient (Wildman–Crippen LogP) is 7.18. The first-order valence-electron chi connectivity index (χ1n) is 13.1. The number of hydrogen-bond donors (Lipinski definition) is 1. The van der Waals surface area contributed by atoms with Crippen molar-refractivity contribution < 1.29 is 14.3 Å². The SMILES string of the molecule is CCCCCCCCCCCCCCCCOC1=CC(=O)C(NCCCCC)=CC1=O. The Morgan fingerprint density at radius 3 is 1.65 bits per heavy atom. The molecule has 1 aliphatic rings. The number of hydrogen-bond acceptors (Lipinski definition) is 4. The van der Waals surface area contributed by atoms with Crippen molar-refractivity contribution in [2.45, 2.75) is 123 Å². The first kappa shape index (κ1) is 27.5. The van der Waals surface area contributed by atoms with Crippen molar-refractivity contribution in [2.75, 3.05) is 13.2 Å². The van der Waals surface area contributed by atoms with Gasteiger partial charge in [0, 0.05) is 18.7 Å². The molecule has 0 spiro atoms. The van der Waals surface area contributed by atoms with Gasteiger partial charge in [0.2, 0.25) is 11.6 Å². The van der Waals surface area contributed by atoms with Gasteiger partial charge in [0.25, 0.3) is 0 Å². The first-order chi connectivity index (χ1) is 15.2. The van der Waals surface area contributed by atoms with Gasteiger partial charge in [-0.25, -0.2) is 0 Å². The Labute approximate surface area is 191 Å². The quantitative estimate of drug-likeness (QED) is 0.154. The summed E-state index contributed by atoms with van der Waals surface area (Å²) in [7, 11) is 0. The van der Waals surface area contributed by atoms with E-state index >= 15 is 0 Å². The average molecular weight is 434 g/mol. The highest BCUT2D eigenvalue weighted by Gasteiger charge is 2.21. The van der Waals surface area contributed by atoms with Gasteiger partial charge in [0.05, 0.1) is 12.3 Å². The molecule has 0 amide bonds. The van der Waals surface area contributed by atoms with Crippen LogP contribution in [0, 0.1) is 0 Å². The first-order valence-corrected chi connectivity index (χ1v) is 13.1. The number of ether oxygens (including phenoxy) is 1. The Balaban J connectivity index is 1.96. The van der Waals surface area contributed by atoms with Crippen LogP contribution in [-0.2, 0) is 14.3 Å². The molecule has 0 unspecified atom stereocenters. The molecule has 1 rings (SSSR count). The summed E-state index contributed by atoms with van der Waals surface area (Å²) in [5.74, 6) is -0.172. The van der Waals surface area contributed by atoms with Crippen molar-refractivity contribution in [1.29, 1.82) is 0 Å². The molecule has 0 saturated heterocycles. The van der Waals surface area contributed by atoms with E-state index in [1.807, 2.05) is 0 Å². The molecule has 0 aromatic heterocycles. The minimum atomic E-state index is -0.206. The molecule has 0 atom stereocenters. The molecule has 178 valence electrons. The third-order valence-electron chi connectivity index (χ3n) is 5.90. The van der Waals surface area contributed by atoms with Crippen molar-refractivity contribution in [2.24, 2.45) is 0 Å². The molecule has 0 bridgehead atoms. The van der Waals surface area contributed by atoms with Crippen molar-refractivity contribution in [3.63, 3.8) is 0 Å². The maximum atomic E-state index is 12.2. The van der Waals surface area contributed by atoms with E-state index in [-0.39, 0.29) is 17.3 Å². The molecule has 1 aliphatic carbocycles. The second-order valence-electron chi connectivity index (χ2n) is 8.87. The Morgan fingerprint density at radius 1 is 0.613 bits per heavy atom. The molecule has 0 fully saturated rings. The number of rotatable bonds is 21. The number of carbonyl (C=O) groups excluding carboxylic acids is 2. The second kappa shape index (κ2) is 19.1. The summed E-state index contributed by atoms with van der Waals surface area (Å²) in [4.78, 5) is 24.3. The fourth-order valence-electron chi connectivity index (χ4n) is 3.87. The fraction of sp³-hybridized carbons (Fsp3) is 0.778. The van der Waals surface area contributed by atoms with Crippen LogP contribution >= 0.6 is 0 Å². The zero-order valence-electron chi connectivity index (χ0n) is 20.3. The van der Waals surface area contributed by atoms with Gasteiger partial charge in [-0.2, -0.15) is 0 Å². The summed E-state index contributed by atoms with van der Waals surface area (Å²) >= 11 is 0. The zero-order valence-corrected chi connectivity index (χ0v) is 20.3. The van der Waals surface area contributed by atoms with Crippen LogP contribution in [0.3, 0.4) is 0 Å². The topological polar surface area (TPSA) is 55.4 Å². The smallest absolute Gasteiger partial charge is 0.222 e. The van der Waals surface area contributed by atoms with Crippen molar-refractivity contribution in [1.82, 2.24) is 5.32 Å². The van der Waals surface area contributed by atoms with Crippen LogP contribution in [0.4, 0.5) is 0 Å². The summed E-state index contributed by atoms with van der Waals surface area (Å²) in [5, 5.41) is 3.07. The van der Waals surface area contributed by atoms with Gasteiger partial charge >= 0.3 is 0 Å². The minimum Gasteiger partial charge on any atom is -0.489 e. The lowest BCUT2D eigenvalue weighted by Crippen LogP contribution is -2.26. The Bertz CT molecular complexity index is 551. The standard InChI is InChI=1S/C27H47NO3/c1-3-5-7-8-9-10-11-12-13-14-15-16-17-19-21-31-27-23-25(29)24(22-26(27)30)28-20-18-6-4-2/h22-23,28H,3-21H2,1-2H3. The summed E-state index contributed by atoms with van der Waals surface area (Å²) < 4.78 is 5.58. The van der Waals surface area contributed by atoms with Gasteiger partial charge in [-0.05, 0) is 12.8 Å². The van der Waals surface area contributed by atoms with Crippen LogP contribution in [0.5, 0.6) is 0 Å². The fourth-order valence-corrected chi connectivity index (χ4v) is 3.87. The molecule has 1 N–H and O–H groups in total. The normalized spacial score (nSPS) is 13.9. The van der Waals surface area contributed by atoms with Crippen molar-refractivity contribution in [3.8, 4) is 0 Å². The third kappa shape index (κ3) is 14.2. The van der Waals surface area contributed by atoms with Crippen LogP contribution in [0.15, 0.2) is 23.6 Å². The minimum absolute atomic E-state index is 0.160. The average Bonchev–Trinajstić information content (AvgIpc) is 2.76. The lowest BCUT2D eigenvalue weighted by molar-refractivity contribution is -0.118. The van der Waals surface area contributed by atoms with Crippen LogP contribution in [0.2, 0.25) is 0 Å². The largest absolute Gasteiger partial charge is 0.489 e. The molecule has 4 nitrogen and oxygen atoms in total. The molecule has 0 aliphatic heterocycles. The van der Waals surface area contributed by atoms with Gasteiger partial charge < -0.3 is 10.1 Å². The second-order valence-corrected chi connectivity index (χ2v) is 8.87. The number of nitrogens with one attached hydrogen (secondary N) is 1. The summed E-state index contributed by atoms with van der Waals surface area (Å²) in [6.45, 7) is 5.64. The van der Waals surface area contributed by atoms with Crippen LogP contribution in [-0.4, -0.2) is 24.7 Å². The highest BCUT2D eigenvalue weighted by atomic mass is 16.5. The van der Waals surface area contributed by atoms with Crippen molar-refractivity contribution >= 4 is 11.6 Å². The van der Waals surface area contributed by atoms with Crippen LogP contribution < -0.4 is 5.32 Å². The number of unbranched alkanes of at least 4 members (excludes halogenated alkanes) is 15. The Kier molecular flexibility index (Phi) is 16.9. The number of ketones is 2. The Morgan fingerprint density at radius 2 is 1.10 bits per heavy atom. The molecule has 0 heterocycles. The van der Waals surface area contributed by atoms with Gasteiger partial charge in [-0.15, -0.1) is 0 Å². The van der Waals surface area contributed by atoms with Crippen molar-refractivity contribution in [3.05, 3.63) is 23.6 Å². The molecule has 0 saturated carbocycles. The third-order valence-corrected chi connectivity index (χ3v) is 5.90. The lowest BCUT2D eigenvalue weighted by atomic mass is 10.0. The van der Waals surface area contributed by atoms with Gasteiger partial charge in [-0.3, -0.25) is 9.59 Å². The summed E-state index contributed by atoms with van der Waals surface area (Å²) in [6.07, 6.45) is 24.4. The maximum absolute atomic E-state index is 12.2. The highest BCUT2D eigenvalue weighted by Crippen LogP contribution is 2.15. The van der Waals surface area contributed by atoms with E-state index in [9.17, 15) is 9.59 Å². The summed E-state index contributed by atoms with van der Waals surface area (Å²) in [6, 6.07) is 0. The molecule has 4 heteroatoms. The molecular formula is C27H47NO3. The van der Waals surface area contributed by atoms with Crippen LogP contribution in [0.1, 0.15) is 123 Å². The van der Waals surface area contributed by atoms with E-state index < -0.39 is 0 Å². The summed E-state index contributed by atoms with van der Waals surface area (Å²) in [5.41, 5.74) is 0.393. The molecule has 0 aromatic carbocycles. The zero-order chi connectivity index (χ0) is 22.6. The van der Waals surface area contributed by atoms with E-state index in [4.69, 9.17) is 4.74 Å². The molecule has 31 heavy (non-hydrogen) atoms. The molecule has 0 aromatic rings. The molecule has 0 radical (unpaired) electrons. The predicted molar refractivity (Wildman–Crippen MR) is 130 cm³/mol. The highest BCUT2D eigenvalue weighted by molar-refractivity contribution is 6.18.